The predicted octanol–water partition coefficient (Wildman–Crippen LogP) is 5.33. The zero-order valence-electron chi connectivity index (χ0n) is 19.2. The number of carbonyl (C=O) groups excluding carboxylic acids is 2. The number of benzene rings is 2. The van der Waals surface area contributed by atoms with Gasteiger partial charge < -0.3 is 14.4 Å². The van der Waals surface area contributed by atoms with Crippen LogP contribution < -0.4 is 9.47 Å². The molecule has 1 heterocycles. The molecule has 0 bridgehead atoms. The fourth-order valence-corrected chi connectivity index (χ4v) is 3.66. The summed E-state index contributed by atoms with van der Waals surface area (Å²) in [7, 11) is 0. The Morgan fingerprint density at radius 3 is 2.19 bits per heavy atom. The number of aryl methyl sites for hydroxylation is 1. The van der Waals surface area contributed by atoms with Gasteiger partial charge in [-0.3, -0.25) is 9.59 Å². The minimum Gasteiger partial charge on any atom is -0.422 e. The minimum absolute atomic E-state index is 0. The fraction of sp³-hybridized carbons (Fsp3) is 0.520. The molecular weight excluding hydrogens is 414 g/mol. The van der Waals surface area contributed by atoms with Crippen LogP contribution in [0.1, 0.15) is 51.7 Å². The first kappa shape index (κ1) is 25.2. The molecule has 5 nitrogen and oxygen atoms in total. The molecule has 0 N–H and O–H groups in total. The normalized spacial score (nSPS) is 14.2. The molecule has 0 atom stereocenters. The zero-order valence-corrected chi connectivity index (χ0v) is 20.0. The Morgan fingerprint density at radius 2 is 1.58 bits per heavy atom. The zero-order chi connectivity index (χ0) is 21.8. The molecular formula is C25H34ClNO4. The number of esters is 2. The maximum atomic E-state index is 12.3. The van der Waals surface area contributed by atoms with Gasteiger partial charge in [-0.1, -0.05) is 45.9 Å². The lowest BCUT2D eigenvalue weighted by atomic mass is 9.99. The highest BCUT2D eigenvalue weighted by molar-refractivity contribution is 5.92. The van der Waals surface area contributed by atoms with E-state index in [1.165, 1.54) is 31.5 Å². The van der Waals surface area contributed by atoms with Crippen molar-refractivity contribution in [2.75, 3.05) is 19.6 Å². The van der Waals surface area contributed by atoms with Gasteiger partial charge in [0.2, 0.25) is 0 Å². The Labute approximate surface area is 191 Å². The lowest BCUT2D eigenvalue weighted by Crippen LogP contribution is -2.21. The summed E-state index contributed by atoms with van der Waals surface area (Å²) < 4.78 is 11.3. The van der Waals surface area contributed by atoms with Gasteiger partial charge >= 0.3 is 11.9 Å². The minimum atomic E-state index is -0.349. The molecule has 0 saturated carbocycles. The van der Waals surface area contributed by atoms with Crippen LogP contribution in [0, 0.1) is 18.8 Å². The first-order valence-corrected chi connectivity index (χ1v) is 11.0. The smallest absolute Gasteiger partial charge is 0.313 e. The van der Waals surface area contributed by atoms with Crippen LogP contribution >= 0.6 is 12.4 Å². The van der Waals surface area contributed by atoms with E-state index in [9.17, 15) is 9.59 Å². The van der Waals surface area contributed by atoms with Gasteiger partial charge in [-0.15, -0.1) is 12.4 Å². The third-order valence-electron chi connectivity index (χ3n) is 5.64. The number of nitrogens with zero attached hydrogens (tertiary/aromatic N) is 1. The molecule has 0 aliphatic carbocycles. The summed E-state index contributed by atoms with van der Waals surface area (Å²) in [4.78, 5) is 27.1. The monoisotopic (exact) mass is 447 g/mol. The Bertz CT molecular complexity index is 933. The molecule has 0 radical (unpaired) electrons. The van der Waals surface area contributed by atoms with Gasteiger partial charge in [0, 0.05) is 12.1 Å². The second kappa shape index (κ2) is 11.0. The lowest BCUT2D eigenvalue weighted by molar-refractivity contribution is -0.140. The van der Waals surface area contributed by atoms with E-state index in [0.717, 1.165) is 29.3 Å². The van der Waals surface area contributed by atoms with Crippen molar-refractivity contribution in [2.24, 2.45) is 11.8 Å². The number of halogens is 1. The second-order valence-electron chi connectivity index (χ2n) is 8.83. The summed E-state index contributed by atoms with van der Waals surface area (Å²) in [6, 6.07) is 8.16. The van der Waals surface area contributed by atoms with E-state index in [4.69, 9.17) is 9.47 Å². The summed E-state index contributed by atoms with van der Waals surface area (Å²) in [5, 5.41) is 1.98. The van der Waals surface area contributed by atoms with Crippen molar-refractivity contribution in [1.29, 1.82) is 0 Å². The molecule has 0 amide bonds. The molecule has 1 aliphatic heterocycles. The van der Waals surface area contributed by atoms with Gasteiger partial charge in [0.25, 0.3) is 0 Å². The molecule has 2 aromatic carbocycles. The lowest BCUT2D eigenvalue weighted by Gasteiger charge is -2.18. The second-order valence-corrected chi connectivity index (χ2v) is 8.83. The van der Waals surface area contributed by atoms with E-state index in [0.29, 0.717) is 11.5 Å². The molecule has 31 heavy (non-hydrogen) atoms. The standard InChI is InChI=1S/C25H33NO4.ClH/c1-16(2)24(27)29-22-15-20-9-8-19(10-13-26-11-6-7-12-26)14-21(20)18(5)23(22)30-25(28)17(3)4;/h8-9,14-17H,6-7,10-13H2,1-5H3;1H. The maximum absolute atomic E-state index is 12.3. The van der Waals surface area contributed by atoms with Gasteiger partial charge in [-0.2, -0.15) is 0 Å². The van der Waals surface area contributed by atoms with Gasteiger partial charge in [0.1, 0.15) is 0 Å². The van der Waals surface area contributed by atoms with Crippen LogP contribution in [0.3, 0.4) is 0 Å². The van der Waals surface area contributed by atoms with E-state index in [1.54, 1.807) is 33.8 Å². The molecule has 6 heteroatoms. The maximum Gasteiger partial charge on any atom is 0.313 e. The summed E-state index contributed by atoms with van der Waals surface area (Å²) in [5.41, 5.74) is 2.07. The summed E-state index contributed by atoms with van der Waals surface area (Å²) in [6.45, 7) is 12.5. The highest BCUT2D eigenvalue weighted by Crippen LogP contribution is 2.38. The number of hydrogen-bond acceptors (Lipinski definition) is 5. The van der Waals surface area contributed by atoms with E-state index in [-0.39, 0.29) is 36.2 Å². The van der Waals surface area contributed by atoms with Crippen molar-refractivity contribution in [3.05, 3.63) is 35.4 Å². The number of ether oxygens (including phenoxy) is 2. The van der Waals surface area contributed by atoms with Crippen LogP contribution in [0.15, 0.2) is 24.3 Å². The van der Waals surface area contributed by atoms with E-state index < -0.39 is 0 Å². The van der Waals surface area contributed by atoms with Crippen molar-refractivity contribution in [1.82, 2.24) is 4.90 Å². The van der Waals surface area contributed by atoms with E-state index in [1.807, 2.05) is 6.92 Å². The average Bonchev–Trinajstić information content (AvgIpc) is 3.22. The Morgan fingerprint density at radius 1 is 0.968 bits per heavy atom. The van der Waals surface area contributed by atoms with Gasteiger partial charge in [0.05, 0.1) is 11.8 Å². The molecule has 1 aliphatic rings. The highest BCUT2D eigenvalue weighted by atomic mass is 35.5. The first-order chi connectivity index (χ1) is 14.3. The van der Waals surface area contributed by atoms with Crippen LogP contribution in [0.4, 0.5) is 0 Å². The van der Waals surface area contributed by atoms with Gasteiger partial charge in [-0.25, -0.2) is 0 Å². The van der Waals surface area contributed by atoms with Crippen LogP contribution in [0.5, 0.6) is 11.5 Å². The largest absolute Gasteiger partial charge is 0.422 e. The number of carbonyl (C=O) groups is 2. The third kappa shape index (κ3) is 6.20. The van der Waals surface area contributed by atoms with Crippen LogP contribution in [-0.2, 0) is 16.0 Å². The van der Waals surface area contributed by atoms with Crippen LogP contribution in [-0.4, -0.2) is 36.5 Å². The Hall–Kier alpha value is -2.11. The molecule has 0 spiro atoms. The molecule has 0 aromatic heterocycles. The van der Waals surface area contributed by atoms with E-state index >= 15 is 0 Å². The van der Waals surface area contributed by atoms with Crippen LogP contribution in [0.2, 0.25) is 0 Å². The van der Waals surface area contributed by atoms with Crippen molar-refractivity contribution in [3.8, 4) is 11.5 Å². The van der Waals surface area contributed by atoms with E-state index in [2.05, 4.69) is 23.1 Å². The molecule has 1 saturated heterocycles. The van der Waals surface area contributed by atoms with Crippen molar-refractivity contribution in [2.45, 2.75) is 53.9 Å². The summed E-state index contributed by atoms with van der Waals surface area (Å²) in [6.07, 6.45) is 3.57. The van der Waals surface area contributed by atoms with Gasteiger partial charge in [0.15, 0.2) is 11.5 Å². The average molecular weight is 448 g/mol. The number of fused-ring (bicyclic) bond motifs is 1. The SMILES string of the molecule is Cc1c(OC(=O)C(C)C)c(OC(=O)C(C)C)cc2ccc(CCN3CCCC3)cc12.Cl. The third-order valence-corrected chi connectivity index (χ3v) is 5.64. The first-order valence-electron chi connectivity index (χ1n) is 11.0. The van der Waals surface area contributed by atoms with Crippen molar-refractivity contribution in [3.63, 3.8) is 0 Å². The van der Waals surface area contributed by atoms with Crippen LogP contribution in [0.25, 0.3) is 10.8 Å². The molecule has 1 fully saturated rings. The quantitative estimate of drug-likeness (QED) is 0.424. The summed E-state index contributed by atoms with van der Waals surface area (Å²) >= 11 is 0. The van der Waals surface area contributed by atoms with Crippen molar-refractivity contribution < 1.29 is 19.1 Å². The fourth-order valence-electron chi connectivity index (χ4n) is 3.66. The number of rotatable bonds is 7. The molecule has 3 rings (SSSR count). The Balaban J connectivity index is 0.00000341. The number of hydrogen-bond donors (Lipinski definition) is 0. The summed E-state index contributed by atoms with van der Waals surface area (Å²) in [5.74, 6) is -0.602. The topological polar surface area (TPSA) is 55.8 Å². The van der Waals surface area contributed by atoms with Gasteiger partial charge in [-0.05, 0) is 61.7 Å². The molecule has 2 aromatic rings. The predicted molar refractivity (Wildman–Crippen MR) is 126 cm³/mol. The van der Waals surface area contributed by atoms with Crippen molar-refractivity contribution >= 4 is 35.1 Å². The molecule has 0 unspecified atom stereocenters. The number of likely N-dealkylation sites (tertiary alicyclic amines) is 1. The molecule has 170 valence electrons. The Kier molecular flexibility index (Phi) is 8.90. The highest BCUT2D eigenvalue weighted by Gasteiger charge is 2.22.